The summed E-state index contributed by atoms with van der Waals surface area (Å²) in [6, 6.07) is 18.9. The minimum Gasteiger partial charge on any atom is -0.467 e. The number of para-hydroxylation sites is 1. The van der Waals surface area contributed by atoms with Gasteiger partial charge in [0.05, 0.1) is 25.9 Å². The summed E-state index contributed by atoms with van der Waals surface area (Å²) in [4.78, 5) is 28.9. The smallest absolute Gasteiger partial charge is 0.241 e. The van der Waals surface area contributed by atoms with Crippen LogP contribution in [-0.4, -0.2) is 36.9 Å². The Balaban J connectivity index is 1.63. The molecule has 1 N–H and O–H groups in total. The Hall–Kier alpha value is -3.38. The third-order valence-corrected chi connectivity index (χ3v) is 4.96. The van der Waals surface area contributed by atoms with Gasteiger partial charge in [0.2, 0.25) is 11.8 Å². The highest BCUT2D eigenvalue weighted by molar-refractivity contribution is 5.96. The number of anilines is 2. The Kier molecular flexibility index (Phi) is 7.03. The molecule has 0 unspecified atom stereocenters. The highest BCUT2D eigenvalue weighted by atomic mass is 16.3. The van der Waals surface area contributed by atoms with Crippen LogP contribution in [0.15, 0.2) is 71.3 Å². The van der Waals surface area contributed by atoms with E-state index in [1.54, 1.807) is 29.2 Å². The lowest BCUT2D eigenvalue weighted by Crippen LogP contribution is -2.41. The van der Waals surface area contributed by atoms with Crippen LogP contribution in [-0.2, 0) is 16.1 Å². The van der Waals surface area contributed by atoms with E-state index in [4.69, 9.17) is 4.42 Å². The zero-order valence-corrected chi connectivity index (χ0v) is 17.6. The molecule has 0 aliphatic rings. The molecule has 3 rings (SSSR count). The van der Waals surface area contributed by atoms with Crippen LogP contribution in [0.5, 0.6) is 0 Å². The zero-order chi connectivity index (χ0) is 21.5. The summed E-state index contributed by atoms with van der Waals surface area (Å²) >= 11 is 0. The van der Waals surface area contributed by atoms with Crippen LogP contribution in [0.1, 0.15) is 16.9 Å². The van der Waals surface area contributed by atoms with E-state index in [1.807, 2.05) is 68.4 Å². The van der Waals surface area contributed by atoms with Gasteiger partial charge < -0.3 is 14.6 Å². The van der Waals surface area contributed by atoms with Crippen molar-refractivity contribution in [2.24, 2.45) is 0 Å². The normalized spacial score (nSPS) is 10.8. The summed E-state index contributed by atoms with van der Waals surface area (Å²) in [5, 5.41) is 2.93. The number of hydrogen-bond acceptors (Lipinski definition) is 4. The molecule has 0 aliphatic heterocycles. The number of nitrogens with one attached hydrogen (secondary N) is 1. The molecule has 0 radical (unpaired) electrons. The fourth-order valence-corrected chi connectivity index (χ4v) is 3.18. The topological polar surface area (TPSA) is 65.8 Å². The first-order valence-corrected chi connectivity index (χ1v) is 9.86. The molecule has 0 spiro atoms. The van der Waals surface area contributed by atoms with Crippen LogP contribution < -0.4 is 10.2 Å². The Morgan fingerprint density at radius 1 is 0.933 bits per heavy atom. The van der Waals surface area contributed by atoms with Gasteiger partial charge in [-0.2, -0.15) is 0 Å². The van der Waals surface area contributed by atoms with Crippen molar-refractivity contribution in [3.63, 3.8) is 0 Å². The van der Waals surface area contributed by atoms with Gasteiger partial charge in [-0.05, 0) is 62.4 Å². The maximum absolute atomic E-state index is 13.0. The molecule has 30 heavy (non-hydrogen) atoms. The number of hydrogen-bond donors (Lipinski definition) is 1. The van der Waals surface area contributed by atoms with E-state index < -0.39 is 0 Å². The fourth-order valence-electron chi connectivity index (χ4n) is 3.18. The van der Waals surface area contributed by atoms with Gasteiger partial charge >= 0.3 is 0 Å². The summed E-state index contributed by atoms with van der Waals surface area (Å²) in [5.74, 6) is 0.429. The number of aryl methyl sites for hydroxylation is 1. The molecular weight excluding hydrogens is 378 g/mol. The predicted octanol–water partition coefficient (Wildman–Crippen LogP) is 4.00. The van der Waals surface area contributed by atoms with Crippen LogP contribution in [0, 0.1) is 13.8 Å². The largest absolute Gasteiger partial charge is 0.467 e. The predicted molar refractivity (Wildman–Crippen MR) is 118 cm³/mol. The Morgan fingerprint density at radius 2 is 1.70 bits per heavy atom. The lowest BCUT2D eigenvalue weighted by Gasteiger charge is -2.25. The van der Waals surface area contributed by atoms with Crippen LogP contribution >= 0.6 is 0 Å². The van der Waals surface area contributed by atoms with E-state index in [0.717, 1.165) is 22.5 Å². The first kappa shape index (κ1) is 21.3. The molecule has 6 heteroatoms. The van der Waals surface area contributed by atoms with Gasteiger partial charge in [0.15, 0.2) is 0 Å². The molecule has 0 saturated heterocycles. The van der Waals surface area contributed by atoms with Crippen LogP contribution in [0.25, 0.3) is 0 Å². The van der Waals surface area contributed by atoms with E-state index in [1.165, 1.54) is 0 Å². The average Bonchev–Trinajstić information content (AvgIpc) is 3.23. The Labute approximate surface area is 177 Å². The molecule has 0 atom stereocenters. The number of carbonyl (C=O) groups is 2. The van der Waals surface area contributed by atoms with Gasteiger partial charge in [0, 0.05) is 11.4 Å². The number of furan rings is 1. The van der Waals surface area contributed by atoms with Gasteiger partial charge in [-0.3, -0.25) is 14.5 Å². The standard InChI is InChI=1S/C24H27N3O3/c1-18-9-7-13-22(19(18)2)25-23(28)16-26(3)17-24(29)27(15-21-12-8-14-30-21)20-10-5-4-6-11-20/h4-14H,15-17H2,1-3H3,(H,25,28). The SMILES string of the molecule is Cc1cccc(NC(=O)CN(C)CC(=O)N(Cc2ccco2)c2ccccc2)c1C. The monoisotopic (exact) mass is 405 g/mol. The number of rotatable bonds is 8. The van der Waals surface area contributed by atoms with Gasteiger partial charge in [-0.25, -0.2) is 0 Å². The van der Waals surface area contributed by atoms with Crippen molar-refractivity contribution < 1.29 is 14.0 Å². The second-order valence-electron chi connectivity index (χ2n) is 7.36. The van der Waals surface area contributed by atoms with E-state index in [0.29, 0.717) is 12.3 Å². The minimum absolute atomic E-state index is 0.107. The van der Waals surface area contributed by atoms with Crippen molar-refractivity contribution in [3.05, 3.63) is 83.8 Å². The number of benzene rings is 2. The Morgan fingerprint density at radius 3 is 2.40 bits per heavy atom. The van der Waals surface area contributed by atoms with Gasteiger partial charge in [0.1, 0.15) is 5.76 Å². The summed E-state index contributed by atoms with van der Waals surface area (Å²) in [5.41, 5.74) is 3.74. The summed E-state index contributed by atoms with van der Waals surface area (Å²) in [7, 11) is 1.76. The molecule has 2 aromatic carbocycles. The lowest BCUT2D eigenvalue weighted by molar-refractivity contribution is -0.121. The molecular formula is C24H27N3O3. The fraction of sp³-hybridized carbons (Fsp3) is 0.250. The summed E-state index contributed by atoms with van der Waals surface area (Å²) in [6.07, 6.45) is 1.59. The van der Waals surface area contributed by atoms with E-state index in [2.05, 4.69) is 5.32 Å². The van der Waals surface area contributed by atoms with E-state index in [-0.39, 0.29) is 24.9 Å². The molecule has 0 fully saturated rings. The second kappa shape index (κ2) is 9.89. The Bertz CT molecular complexity index is 984. The number of carbonyl (C=O) groups excluding carboxylic acids is 2. The maximum atomic E-state index is 13.0. The highest BCUT2D eigenvalue weighted by Crippen LogP contribution is 2.19. The molecule has 156 valence electrons. The van der Waals surface area contributed by atoms with Gasteiger partial charge in [-0.15, -0.1) is 0 Å². The minimum atomic E-state index is -0.156. The quantitative estimate of drug-likeness (QED) is 0.615. The van der Waals surface area contributed by atoms with Crippen molar-refractivity contribution >= 4 is 23.2 Å². The van der Waals surface area contributed by atoms with Crippen molar-refractivity contribution in [3.8, 4) is 0 Å². The molecule has 3 aromatic rings. The number of nitrogens with zero attached hydrogens (tertiary/aromatic N) is 2. The molecule has 0 bridgehead atoms. The molecule has 1 aromatic heterocycles. The van der Waals surface area contributed by atoms with Gasteiger partial charge in [-0.1, -0.05) is 30.3 Å². The second-order valence-corrected chi connectivity index (χ2v) is 7.36. The first-order chi connectivity index (χ1) is 14.4. The van der Waals surface area contributed by atoms with Crippen molar-refractivity contribution in [1.29, 1.82) is 0 Å². The van der Waals surface area contributed by atoms with Gasteiger partial charge in [0.25, 0.3) is 0 Å². The third-order valence-electron chi connectivity index (χ3n) is 4.96. The first-order valence-electron chi connectivity index (χ1n) is 9.86. The summed E-state index contributed by atoms with van der Waals surface area (Å²) < 4.78 is 5.42. The molecule has 0 aliphatic carbocycles. The van der Waals surface area contributed by atoms with Crippen LogP contribution in [0.4, 0.5) is 11.4 Å². The molecule has 2 amide bonds. The molecule has 1 heterocycles. The van der Waals surface area contributed by atoms with Crippen LogP contribution in [0.3, 0.4) is 0 Å². The maximum Gasteiger partial charge on any atom is 0.241 e. The van der Waals surface area contributed by atoms with E-state index in [9.17, 15) is 9.59 Å². The molecule has 6 nitrogen and oxygen atoms in total. The number of likely N-dealkylation sites (N-methyl/N-ethyl adjacent to an activating group) is 1. The van der Waals surface area contributed by atoms with Crippen molar-refractivity contribution in [2.45, 2.75) is 20.4 Å². The average molecular weight is 405 g/mol. The zero-order valence-electron chi connectivity index (χ0n) is 17.6. The van der Waals surface area contributed by atoms with Crippen molar-refractivity contribution in [2.75, 3.05) is 30.4 Å². The lowest BCUT2D eigenvalue weighted by atomic mass is 10.1. The highest BCUT2D eigenvalue weighted by Gasteiger charge is 2.20. The number of amides is 2. The van der Waals surface area contributed by atoms with Crippen LogP contribution in [0.2, 0.25) is 0 Å². The third kappa shape index (κ3) is 5.58. The van der Waals surface area contributed by atoms with Crippen molar-refractivity contribution in [1.82, 2.24) is 4.90 Å². The summed E-state index contributed by atoms with van der Waals surface area (Å²) in [6.45, 7) is 4.54. The van der Waals surface area contributed by atoms with E-state index >= 15 is 0 Å². The molecule has 0 saturated carbocycles.